The number of carbonyl (C=O) groups is 1. The van der Waals surface area contributed by atoms with Gasteiger partial charge in [0.2, 0.25) is 11.4 Å². The van der Waals surface area contributed by atoms with Gasteiger partial charge in [0.15, 0.2) is 12.6 Å². The number of likely N-dealkylation sites (tertiary alicyclic amines) is 1. The molecular weight excluding hydrogens is 438 g/mol. The molecule has 0 radical (unpaired) electrons. The van der Waals surface area contributed by atoms with Crippen molar-refractivity contribution in [2.45, 2.75) is 31.4 Å². The summed E-state index contributed by atoms with van der Waals surface area (Å²) in [7, 11) is 1.80. The first kappa shape index (κ1) is 22.5. The molecule has 1 saturated heterocycles. The zero-order valence-corrected chi connectivity index (χ0v) is 18.4. The van der Waals surface area contributed by atoms with Crippen LogP contribution in [0, 0.1) is 17.1 Å². The van der Waals surface area contributed by atoms with Gasteiger partial charge >= 0.3 is 6.03 Å². The molecule has 0 spiro atoms. The molecule has 168 valence electrons. The molecule has 0 saturated carbocycles. The first-order valence-electron chi connectivity index (χ1n) is 10.6. The van der Waals surface area contributed by atoms with Gasteiger partial charge in [-0.15, -0.1) is 0 Å². The fraction of sp³-hybridized carbons (Fsp3) is 0.391. The van der Waals surface area contributed by atoms with Gasteiger partial charge in [0, 0.05) is 29.7 Å². The molecule has 2 aromatic rings. The van der Waals surface area contributed by atoms with Gasteiger partial charge < -0.3 is 10.1 Å². The molecule has 1 N–H and O–H groups in total. The predicted octanol–water partition coefficient (Wildman–Crippen LogP) is 4.87. The fourth-order valence-electron chi connectivity index (χ4n) is 4.49. The zero-order chi connectivity index (χ0) is 22.9. The Morgan fingerprint density at radius 3 is 2.91 bits per heavy atom. The standard InChI is InChI=1S/C23H24ClF2N4O2/c1-28-13-17-6-2-3-10-29(17)23(31)30(26)14-21(15-8-9-19(25)18(24)11-15)32-22-16(12-27)5-4-7-20(22)30/h4-5,7-9,11,17,21,28H,2-3,6,10,13-14H2,1H3/q+1. The Bertz CT molecular complexity index is 1070. The van der Waals surface area contributed by atoms with Crippen LogP contribution in [0.5, 0.6) is 5.75 Å². The monoisotopic (exact) mass is 461 g/mol. The van der Waals surface area contributed by atoms with E-state index < -0.39 is 22.7 Å². The molecule has 1 fully saturated rings. The Balaban J connectivity index is 1.79. The van der Waals surface area contributed by atoms with Crippen molar-refractivity contribution in [2.75, 3.05) is 26.7 Å². The third kappa shape index (κ3) is 3.92. The lowest BCUT2D eigenvalue weighted by Gasteiger charge is -2.40. The van der Waals surface area contributed by atoms with E-state index in [-0.39, 0.29) is 34.6 Å². The summed E-state index contributed by atoms with van der Waals surface area (Å²) in [6.07, 6.45) is 1.62. The van der Waals surface area contributed by atoms with Crippen LogP contribution in [0.3, 0.4) is 0 Å². The maximum absolute atomic E-state index is 16.8. The predicted molar refractivity (Wildman–Crippen MR) is 117 cm³/mol. The number of amides is 2. The second-order valence-corrected chi connectivity index (χ2v) is 8.54. The summed E-state index contributed by atoms with van der Waals surface area (Å²) in [6, 6.07) is 9.70. The molecule has 0 bridgehead atoms. The van der Waals surface area contributed by atoms with E-state index >= 15 is 4.48 Å². The second kappa shape index (κ2) is 9.02. The number of hydrogen-bond acceptors (Lipinski definition) is 4. The van der Waals surface area contributed by atoms with Gasteiger partial charge in [-0.05, 0) is 54.8 Å². The molecule has 0 aliphatic carbocycles. The van der Waals surface area contributed by atoms with Crippen molar-refractivity contribution in [3.8, 4) is 11.8 Å². The van der Waals surface area contributed by atoms with E-state index in [0.717, 1.165) is 19.3 Å². The van der Waals surface area contributed by atoms with Crippen molar-refractivity contribution < 1.29 is 18.4 Å². The Kier molecular flexibility index (Phi) is 6.33. The molecule has 4 rings (SSSR count). The number of piperidine rings is 1. The van der Waals surface area contributed by atoms with Gasteiger partial charge in [-0.1, -0.05) is 23.7 Å². The molecular formula is C23H24ClF2N4O2+. The number of fused-ring (bicyclic) bond motifs is 1. The van der Waals surface area contributed by atoms with Crippen LogP contribution in [0.4, 0.5) is 19.4 Å². The van der Waals surface area contributed by atoms with E-state index in [1.165, 1.54) is 36.4 Å². The third-order valence-electron chi connectivity index (χ3n) is 6.11. The maximum atomic E-state index is 16.8. The van der Waals surface area contributed by atoms with E-state index in [2.05, 4.69) is 5.32 Å². The number of rotatable bonds is 3. The van der Waals surface area contributed by atoms with E-state index in [1.807, 2.05) is 6.07 Å². The number of likely N-dealkylation sites (N-methyl/N-ethyl adjacent to an activating group) is 1. The number of urea groups is 1. The number of halogens is 3. The minimum atomic E-state index is -1.54. The Morgan fingerprint density at radius 2 is 2.19 bits per heavy atom. The summed E-state index contributed by atoms with van der Waals surface area (Å²) in [4.78, 5) is 15.3. The van der Waals surface area contributed by atoms with Crippen LogP contribution in [0.25, 0.3) is 0 Å². The van der Waals surface area contributed by atoms with Gasteiger partial charge in [-0.25, -0.2) is 9.18 Å². The van der Waals surface area contributed by atoms with Crippen LogP contribution >= 0.6 is 11.6 Å². The normalized spacial score (nSPS) is 24.9. The molecule has 2 heterocycles. The van der Waals surface area contributed by atoms with Crippen molar-refractivity contribution in [3.63, 3.8) is 0 Å². The largest absolute Gasteiger partial charge is 0.472 e. The van der Waals surface area contributed by atoms with E-state index in [4.69, 9.17) is 16.3 Å². The lowest BCUT2D eigenvalue weighted by molar-refractivity contribution is -0.0127. The van der Waals surface area contributed by atoms with Gasteiger partial charge in [-0.3, -0.25) is 4.90 Å². The minimum absolute atomic E-state index is 0.00714. The van der Waals surface area contributed by atoms with Gasteiger partial charge in [0.1, 0.15) is 17.4 Å². The molecule has 3 atom stereocenters. The molecule has 2 amide bonds. The maximum Gasteiger partial charge on any atom is 0.463 e. The molecule has 3 unspecified atom stereocenters. The molecule has 2 aliphatic rings. The molecule has 2 aliphatic heterocycles. The lowest BCUT2D eigenvalue weighted by atomic mass is 10.0. The number of nitriles is 1. The van der Waals surface area contributed by atoms with Crippen LogP contribution in [0.2, 0.25) is 5.02 Å². The van der Waals surface area contributed by atoms with Crippen LogP contribution in [-0.2, 0) is 0 Å². The van der Waals surface area contributed by atoms with E-state index in [0.29, 0.717) is 18.7 Å². The number of carbonyl (C=O) groups excluding carboxylic acids is 1. The average molecular weight is 462 g/mol. The lowest BCUT2D eigenvalue weighted by Crippen LogP contribution is -2.62. The summed E-state index contributed by atoms with van der Waals surface area (Å²) in [5.41, 5.74) is 0.541. The van der Waals surface area contributed by atoms with Crippen molar-refractivity contribution in [3.05, 3.63) is 58.4 Å². The quantitative estimate of drug-likeness (QED) is 0.662. The molecule has 9 heteroatoms. The highest BCUT2D eigenvalue weighted by Crippen LogP contribution is 2.46. The molecule has 32 heavy (non-hydrogen) atoms. The number of nitrogens with one attached hydrogen (secondary N) is 1. The van der Waals surface area contributed by atoms with Gasteiger partial charge in [0.25, 0.3) is 0 Å². The first-order valence-corrected chi connectivity index (χ1v) is 11.0. The topological polar surface area (TPSA) is 65.4 Å². The fourth-order valence-corrected chi connectivity index (χ4v) is 4.68. The number of para-hydroxylation sites is 1. The van der Waals surface area contributed by atoms with Crippen LogP contribution in [-0.4, -0.2) is 43.7 Å². The summed E-state index contributed by atoms with van der Waals surface area (Å²) >= 11 is 5.94. The van der Waals surface area contributed by atoms with Crippen molar-refractivity contribution >= 4 is 23.3 Å². The highest BCUT2D eigenvalue weighted by atomic mass is 35.5. The minimum Gasteiger partial charge on any atom is -0.472 e. The van der Waals surface area contributed by atoms with Crippen LogP contribution in [0.15, 0.2) is 36.4 Å². The number of benzene rings is 2. The number of ether oxygens (including phenoxy) is 1. The Hall–Kier alpha value is -2.73. The van der Waals surface area contributed by atoms with Gasteiger partial charge in [0.05, 0.1) is 5.02 Å². The van der Waals surface area contributed by atoms with E-state index in [1.54, 1.807) is 11.9 Å². The SMILES string of the molecule is CNCC1CCCCN1C(=O)[N+]1(F)CC(c2ccc(F)c(Cl)c2)Oc2c(C#N)cccc21. The summed E-state index contributed by atoms with van der Waals surface area (Å²) in [5.74, 6) is -0.589. The highest BCUT2D eigenvalue weighted by Gasteiger charge is 2.54. The highest BCUT2D eigenvalue weighted by molar-refractivity contribution is 6.30. The molecule has 2 aromatic carbocycles. The smallest absolute Gasteiger partial charge is 0.463 e. The number of nitrogens with zero attached hydrogens (tertiary/aromatic N) is 3. The first-order chi connectivity index (χ1) is 15.4. The van der Waals surface area contributed by atoms with Crippen molar-refractivity contribution in [1.82, 2.24) is 14.9 Å². The zero-order valence-electron chi connectivity index (χ0n) is 17.7. The van der Waals surface area contributed by atoms with Gasteiger partial charge in [-0.2, -0.15) is 5.26 Å². The molecule has 0 aromatic heterocycles. The Labute approximate surface area is 190 Å². The van der Waals surface area contributed by atoms with Crippen LogP contribution in [0.1, 0.15) is 36.5 Å². The van der Waals surface area contributed by atoms with E-state index in [9.17, 15) is 14.4 Å². The van der Waals surface area contributed by atoms with Crippen LogP contribution < -0.4 is 14.8 Å². The number of quaternary nitrogens is 1. The third-order valence-corrected chi connectivity index (χ3v) is 6.39. The average Bonchev–Trinajstić information content (AvgIpc) is 2.80. The number of hydrogen-bond donors (Lipinski definition) is 1. The Morgan fingerprint density at radius 1 is 1.38 bits per heavy atom. The van der Waals surface area contributed by atoms with Crippen molar-refractivity contribution in [2.24, 2.45) is 0 Å². The summed E-state index contributed by atoms with van der Waals surface area (Å²) in [5, 5.41) is 12.5. The summed E-state index contributed by atoms with van der Waals surface area (Å²) in [6.45, 7) is 0.659. The summed E-state index contributed by atoms with van der Waals surface area (Å²) < 4.78 is 35.0. The van der Waals surface area contributed by atoms with Crippen molar-refractivity contribution in [1.29, 1.82) is 5.26 Å². The molecule has 6 nitrogen and oxygen atoms in total. The second-order valence-electron chi connectivity index (χ2n) is 8.13.